The number of hydrogen-bond donors (Lipinski definition) is 3. The van der Waals surface area contributed by atoms with Crippen molar-refractivity contribution in [3.63, 3.8) is 0 Å². The van der Waals surface area contributed by atoms with Gasteiger partial charge < -0.3 is 26.2 Å². The Kier molecular flexibility index (Phi) is 5.61. The van der Waals surface area contributed by atoms with Crippen molar-refractivity contribution in [1.82, 2.24) is 4.90 Å². The van der Waals surface area contributed by atoms with Crippen molar-refractivity contribution in [1.29, 1.82) is 0 Å². The lowest BCUT2D eigenvalue weighted by Crippen LogP contribution is -2.44. The lowest BCUT2D eigenvalue weighted by atomic mass is 10.2. The number of aryl methyl sites for hydroxylation is 1. The molecule has 142 valence electrons. The molecule has 0 aliphatic carbocycles. The summed E-state index contributed by atoms with van der Waals surface area (Å²) in [5.41, 5.74) is 9.31. The maximum absolute atomic E-state index is 12.2. The zero-order chi connectivity index (χ0) is 19.4. The van der Waals surface area contributed by atoms with E-state index in [9.17, 15) is 9.59 Å². The van der Waals surface area contributed by atoms with Crippen molar-refractivity contribution >= 4 is 34.6 Å². The summed E-state index contributed by atoms with van der Waals surface area (Å²) in [4.78, 5) is 28.9. The molecule has 2 aromatic rings. The summed E-state index contributed by atoms with van der Waals surface area (Å²) < 4.78 is 0. The monoisotopic (exact) mass is 367 g/mol. The molecule has 1 aliphatic heterocycles. The predicted molar refractivity (Wildman–Crippen MR) is 109 cm³/mol. The number of piperazine rings is 1. The highest BCUT2D eigenvalue weighted by Gasteiger charge is 2.17. The molecule has 1 saturated heterocycles. The average Bonchev–Trinajstić information content (AvgIpc) is 2.66. The van der Waals surface area contributed by atoms with Crippen molar-refractivity contribution in [2.24, 2.45) is 0 Å². The van der Waals surface area contributed by atoms with E-state index in [4.69, 9.17) is 5.73 Å². The van der Waals surface area contributed by atoms with Crippen LogP contribution >= 0.6 is 0 Å². The molecule has 0 saturated carbocycles. The number of nitrogens with one attached hydrogen (secondary N) is 2. The second kappa shape index (κ2) is 8.09. The van der Waals surface area contributed by atoms with E-state index in [2.05, 4.69) is 27.5 Å². The van der Waals surface area contributed by atoms with Crippen LogP contribution in [-0.2, 0) is 9.59 Å². The van der Waals surface area contributed by atoms with Gasteiger partial charge in [-0.15, -0.1) is 0 Å². The van der Waals surface area contributed by atoms with Gasteiger partial charge in [-0.25, -0.2) is 0 Å². The molecule has 0 radical (unpaired) electrons. The van der Waals surface area contributed by atoms with Crippen molar-refractivity contribution in [2.45, 2.75) is 6.92 Å². The van der Waals surface area contributed by atoms with Crippen LogP contribution in [0.25, 0.3) is 0 Å². The number of rotatable bonds is 3. The van der Waals surface area contributed by atoms with Crippen LogP contribution in [0.4, 0.5) is 22.7 Å². The second-order valence-electron chi connectivity index (χ2n) is 6.84. The van der Waals surface area contributed by atoms with Gasteiger partial charge >= 0.3 is 11.8 Å². The fourth-order valence-electron chi connectivity index (χ4n) is 2.97. The Morgan fingerprint density at radius 2 is 1.56 bits per heavy atom. The van der Waals surface area contributed by atoms with E-state index in [-0.39, 0.29) is 0 Å². The van der Waals surface area contributed by atoms with E-state index in [1.807, 2.05) is 25.1 Å². The number of nitrogens with two attached hydrogens (primary N) is 1. The lowest BCUT2D eigenvalue weighted by Gasteiger charge is -2.34. The van der Waals surface area contributed by atoms with Crippen LogP contribution in [0.2, 0.25) is 0 Å². The van der Waals surface area contributed by atoms with E-state index in [1.165, 1.54) is 0 Å². The molecule has 0 atom stereocenters. The number of anilines is 4. The molecule has 7 nitrogen and oxygen atoms in total. The highest BCUT2D eigenvalue weighted by molar-refractivity contribution is 6.43. The molecular weight excluding hydrogens is 342 g/mol. The van der Waals surface area contributed by atoms with Gasteiger partial charge in [-0.3, -0.25) is 9.59 Å². The third kappa shape index (κ3) is 4.77. The van der Waals surface area contributed by atoms with Crippen LogP contribution in [0.1, 0.15) is 5.56 Å². The van der Waals surface area contributed by atoms with E-state index < -0.39 is 11.8 Å². The zero-order valence-corrected chi connectivity index (χ0v) is 15.7. The van der Waals surface area contributed by atoms with Gasteiger partial charge in [0, 0.05) is 37.6 Å². The molecule has 2 amide bonds. The van der Waals surface area contributed by atoms with Crippen molar-refractivity contribution in [3.05, 3.63) is 48.0 Å². The standard InChI is InChI=1S/C20H25N5O2/c1-14-3-8-17(21)18(13-14)23-20(27)19(26)22-15-4-6-16(7-5-15)25-11-9-24(2)10-12-25/h3-8,13H,9-12,21H2,1-2H3,(H,22,26)(H,23,27). The smallest absolute Gasteiger partial charge is 0.314 e. The van der Waals surface area contributed by atoms with Gasteiger partial charge in [0.05, 0.1) is 11.4 Å². The molecule has 0 bridgehead atoms. The largest absolute Gasteiger partial charge is 0.397 e. The van der Waals surface area contributed by atoms with Crippen molar-refractivity contribution in [2.75, 3.05) is 54.5 Å². The Morgan fingerprint density at radius 3 is 2.22 bits per heavy atom. The Labute approximate surface area is 159 Å². The quantitative estimate of drug-likeness (QED) is 0.569. The number of hydrogen-bond acceptors (Lipinski definition) is 5. The molecule has 1 aliphatic rings. The first-order chi connectivity index (χ1) is 12.9. The highest BCUT2D eigenvalue weighted by atomic mass is 16.2. The maximum atomic E-state index is 12.2. The van der Waals surface area contributed by atoms with Crippen molar-refractivity contribution < 1.29 is 9.59 Å². The van der Waals surface area contributed by atoms with E-state index in [0.717, 1.165) is 37.4 Å². The minimum absolute atomic E-state index is 0.415. The summed E-state index contributed by atoms with van der Waals surface area (Å²) in [5.74, 6) is -1.49. The van der Waals surface area contributed by atoms with Crippen LogP contribution in [0.3, 0.4) is 0 Å². The Bertz CT molecular complexity index is 827. The molecular formula is C20H25N5O2. The minimum Gasteiger partial charge on any atom is -0.397 e. The number of carbonyl (C=O) groups is 2. The third-order valence-corrected chi connectivity index (χ3v) is 4.66. The van der Waals surface area contributed by atoms with Gasteiger partial charge in [0.1, 0.15) is 0 Å². The van der Waals surface area contributed by atoms with Gasteiger partial charge in [0.25, 0.3) is 0 Å². The van der Waals surface area contributed by atoms with Crippen LogP contribution in [0.15, 0.2) is 42.5 Å². The minimum atomic E-state index is -0.754. The highest BCUT2D eigenvalue weighted by Crippen LogP contribution is 2.21. The first-order valence-corrected chi connectivity index (χ1v) is 8.94. The van der Waals surface area contributed by atoms with Gasteiger partial charge in [-0.2, -0.15) is 0 Å². The lowest BCUT2D eigenvalue weighted by molar-refractivity contribution is -0.132. The van der Waals surface area contributed by atoms with Gasteiger partial charge in [-0.05, 0) is 55.9 Å². The fraction of sp³-hybridized carbons (Fsp3) is 0.300. The first kappa shape index (κ1) is 18.7. The fourth-order valence-corrected chi connectivity index (χ4v) is 2.97. The molecule has 1 heterocycles. The molecule has 7 heteroatoms. The summed E-state index contributed by atoms with van der Waals surface area (Å²) in [6.45, 7) is 5.89. The summed E-state index contributed by atoms with van der Waals surface area (Å²) in [7, 11) is 2.12. The van der Waals surface area contributed by atoms with Crippen LogP contribution in [0, 0.1) is 6.92 Å². The number of nitrogen functional groups attached to an aromatic ring is 1. The molecule has 0 unspecified atom stereocenters. The topological polar surface area (TPSA) is 90.7 Å². The number of benzene rings is 2. The molecule has 1 fully saturated rings. The van der Waals surface area contributed by atoms with Crippen molar-refractivity contribution in [3.8, 4) is 0 Å². The van der Waals surface area contributed by atoms with Gasteiger partial charge in [0.2, 0.25) is 0 Å². The van der Waals surface area contributed by atoms with E-state index in [1.54, 1.807) is 24.3 Å². The Morgan fingerprint density at radius 1 is 0.926 bits per heavy atom. The summed E-state index contributed by atoms with van der Waals surface area (Å²) >= 11 is 0. The molecule has 4 N–H and O–H groups in total. The maximum Gasteiger partial charge on any atom is 0.314 e. The normalized spacial score (nSPS) is 14.7. The number of amides is 2. The average molecular weight is 367 g/mol. The second-order valence-corrected chi connectivity index (χ2v) is 6.84. The molecule has 2 aromatic carbocycles. The van der Waals surface area contributed by atoms with Crippen LogP contribution < -0.4 is 21.3 Å². The SMILES string of the molecule is Cc1ccc(N)c(NC(=O)C(=O)Nc2ccc(N3CCN(C)CC3)cc2)c1. The molecule has 27 heavy (non-hydrogen) atoms. The number of carbonyl (C=O) groups excluding carboxylic acids is 2. The van der Waals surface area contributed by atoms with E-state index in [0.29, 0.717) is 17.1 Å². The first-order valence-electron chi connectivity index (χ1n) is 8.94. The predicted octanol–water partition coefficient (Wildman–Crippen LogP) is 1.91. The van der Waals surface area contributed by atoms with Crippen LogP contribution in [0.5, 0.6) is 0 Å². The third-order valence-electron chi connectivity index (χ3n) is 4.66. The zero-order valence-electron chi connectivity index (χ0n) is 15.7. The van der Waals surface area contributed by atoms with Gasteiger partial charge in [0.15, 0.2) is 0 Å². The molecule has 0 spiro atoms. The molecule has 3 rings (SSSR count). The van der Waals surface area contributed by atoms with Crippen LogP contribution in [-0.4, -0.2) is 49.9 Å². The Hall–Kier alpha value is -3.06. The van der Waals surface area contributed by atoms with Gasteiger partial charge in [-0.1, -0.05) is 6.07 Å². The Balaban J connectivity index is 1.58. The summed E-state index contributed by atoms with van der Waals surface area (Å²) in [6, 6.07) is 12.8. The van der Waals surface area contributed by atoms with E-state index >= 15 is 0 Å². The summed E-state index contributed by atoms with van der Waals surface area (Å²) in [5, 5.41) is 5.16. The number of likely N-dealkylation sites (N-methyl/N-ethyl adjacent to an activating group) is 1. The number of nitrogens with zero attached hydrogens (tertiary/aromatic N) is 2. The summed E-state index contributed by atoms with van der Waals surface area (Å²) in [6.07, 6.45) is 0. The molecule has 0 aromatic heterocycles.